The molecule has 7 heteroatoms. The minimum atomic E-state index is -0.373. The van der Waals surface area contributed by atoms with Crippen LogP contribution in [-0.4, -0.2) is 28.5 Å². The SMILES string of the molecule is O=C(Nc1ccccc1)Nc1ccc(C(=O)NCCCc2c[nH]c3ccccc23)nc1. The molecule has 0 fully saturated rings. The summed E-state index contributed by atoms with van der Waals surface area (Å²) < 4.78 is 0. The maximum Gasteiger partial charge on any atom is 0.323 e. The Morgan fingerprint density at radius 1 is 0.871 bits per heavy atom. The second kappa shape index (κ2) is 9.58. The first-order chi connectivity index (χ1) is 15.2. The molecule has 2 aromatic heterocycles. The molecule has 3 amide bonds. The first-order valence-electron chi connectivity index (χ1n) is 10.1. The van der Waals surface area contributed by atoms with Crippen LogP contribution in [0.15, 0.2) is 79.1 Å². The van der Waals surface area contributed by atoms with Crippen LogP contribution < -0.4 is 16.0 Å². The highest BCUT2D eigenvalue weighted by molar-refractivity contribution is 6.00. The molecule has 4 aromatic rings. The van der Waals surface area contributed by atoms with Crippen molar-refractivity contribution in [3.8, 4) is 0 Å². The van der Waals surface area contributed by atoms with Gasteiger partial charge in [-0.05, 0) is 48.7 Å². The number of nitrogens with zero attached hydrogens (tertiary/aromatic N) is 1. The van der Waals surface area contributed by atoms with Gasteiger partial charge in [-0.3, -0.25) is 4.79 Å². The van der Waals surface area contributed by atoms with Gasteiger partial charge in [0.25, 0.3) is 5.91 Å². The number of carbonyl (C=O) groups is 2. The van der Waals surface area contributed by atoms with Gasteiger partial charge >= 0.3 is 6.03 Å². The number of hydrogen-bond acceptors (Lipinski definition) is 3. The Hall–Kier alpha value is -4.13. The van der Waals surface area contributed by atoms with E-state index in [1.807, 2.05) is 36.5 Å². The summed E-state index contributed by atoms with van der Waals surface area (Å²) in [7, 11) is 0. The maximum absolute atomic E-state index is 12.3. The molecule has 0 bridgehead atoms. The monoisotopic (exact) mass is 413 g/mol. The number of aromatic amines is 1. The van der Waals surface area contributed by atoms with Crippen molar-refractivity contribution in [2.24, 2.45) is 0 Å². The molecule has 0 aliphatic rings. The minimum absolute atomic E-state index is 0.237. The number of amides is 3. The summed E-state index contributed by atoms with van der Waals surface area (Å²) >= 11 is 0. The summed E-state index contributed by atoms with van der Waals surface area (Å²) in [6.45, 7) is 0.555. The van der Waals surface area contributed by atoms with Crippen LogP contribution in [0, 0.1) is 0 Å². The lowest BCUT2D eigenvalue weighted by molar-refractivity contribution is 0.0948. The Morgan fingerprint density at radius 2 is 1.65 bits per heavy atom. The highest BCUT2D eigenvalue weighted by Crippen LogP contribution is 2.18. The van der Waals surface area contributed by atoms with E-state index in [2.05, 4.69) is 38.1 Å². The molecular formula is C24H23N5O2. The number of rotatable bonds is 7. The Kier molecular flexibility index (Phi) is 6.23. The second-order valence-electron chi connectivity index (χ2n) is 7.10. The number of fused-ring (bicyclic) bond motifs is 1. The largest absolute Gasteiger partial charge is 0.361 e. The average molecular weight is 413 g/mol. The lowest BCUT2D eigenvalue weighted by Crippen LogP contribution is -2.25. The summed E-state index contributed by atoms with van der Waals surface area (Å²) in [6, 6.07) is 20.2. The zero-order chi connectivity index (χ0) is 21.5. The van der Waals surface area contributed by atoms with Crippen molar-refractivity contribution in [1.82, 2.24) is 15.3 Å². The molecule has 0 spiro atoms. The van der Waals surface area contributed by atoms with E-state index < -0.39 is 0 Å². The fourth-order valence-electron chi connectivity index (χ4n) is 3.33. The number of H-pyrrole nitrogens is 1. The van der Waals surface area contributed by atoms with Crippen molar-refractivity contribution in [3.05, 3.63) is 90.4 Å². The summed E-state index contributed by atoms with van der Waals surface area (Å²) in [5, 5.41) is 9.53. The summed E-state index contributed by atoms with van der Waals surface area (Å²) in [6.07, 6.45) is 5.18. The highest BCUT2D eigenvalue weighted by Gasteiger charge is 2.09. The zero-order valence-corrected chi connectivity index (χ0v) is 16.9. The van der Waals surface area contributed by atoms with E-state index in [1.165, 1.54) is 17.1 Å². The number of hydrogen-bond donors (Lipinski definition) is 4. The van der Waals surface area contributed by atoms with Crippen LogP contribution >= 0.6 is 0 Å². The van der Waals surface area contributed by atoms with Gasteiger partial charge in [-0.2, -0.15) is 0 Å². The average Bonchev–Trinajstić information content (AvgIpc) is 3.21. The number of urea groups is 1. The van der Waals surface area contributed by atoms with Gasteiger partial charge in [0.15, 0.2) is 0 Å². The Balaban J connectivity index is 1.23. The van der Waals surface area contributed by atoms with Gasteiger partial charge in [0.2, 0.25) is 0 Å². The molecule has 4 rings (SSSR count). The third-order valence-corrected chi connectivity index (χ3v) is 4.87. The van der Waals surface area contributed by atoms with Crippen LogP contribution in [-0.2, 0) is 6.42 Å². The molecule has 2 heterocycles. The summed E-state index contributed by atoms with van der Waals surface area (Å²) in [5.74, 6) is -0.237. The molecule has 0 unspecified atom stereocenters. The number of aromatic nitrogens is 2. The second-order valence-corrected chi connectivity index (χ2v) is 7.10. The first kappa shape index (κ1) is 20.2. The Labute approximate surface area is 179 Å². The number of pyridine rings is 1. The van der Waals surface area contributed by atoms with Crippen molar-refractivity contribution in [3.63, 3.8) is 0 Å². The van der Waals surface area contributed by atoms with Gasteiger partial charge in [0, 0.05) is 29.3 Å². The van der Waals surface area contributed by atoms with E-state index in [4.69, 9.17) is 0 Å². The smallest absolute Gasteiger partial charge is 0.323 e. The maximum atomic E-state index is 12.3. The van der Waals surface area contributed by atoms with Gasteiger partial charge in [-0.15, -0.1) is 0 Å². The van der Waals surface area contributed by atoms with Crippen LogP contribution in [0.25, 0.3) is 10.9 Å². The normalized spacial score (nSPS) is 10.6. The summed E-state index contributed by atoms with van der Waals surface area (Å²) in [4.78, 5) is 31.7. The number of anilines is 2. The van der Waals surface area contributed by atoms with E-state index in [1.54, 1.807) is 24.3 Å². The van der Waals surface area contributed by atoms with Crippen molar-refractivity contribution in [2.75, 3.05) is 17.2 Å². The van der Waals surface area contributed by atoms with E-state index in [0.29, 0.717) is 23.6 Å². The third kappa shape index (κ3) is 5.27. The van der Waals surface area contributed by atoms with Crippen LogP contribution in [0.3, 0.4) is 0 Å². The van der Waals surface area contributed by atoms with Crippen molar-refractivity contribution >= 4 is 34.2 Å². The fraction of sp³-hybridized carbons (Fsp3) is 0.125. The molecule has 0 aliphatic heterocycles. The van der Waals surface area contributed by atoms with E-state index in [0.717, 1.165) is 18.4 Å². The standard InChI is InChI=1S/C24H23N5O2/c30-23(25-14-6-7-17-15-26-21-11-5-4-10-20(17)21)22-13-12-19(16-27-22)29-24(31)28-18-8-2-1-3-9-18/h1-5,8-13,15-16,26H,6-7,14H2,(H,25,30)(H2,28,29,31). The number of aryl methyl sites for hydroxylation is 1. The number of carbonyl (C=O) groups excluding carboxylic acids is 2. The van der Waals surface area contributed by atoms with Gasteiger partial charge in [-0.1, -0.05) is 36.4 Å². The Morgan fingerprint density at radius 3 is 2.45 bits per heavy atom. The highest BCUT2D eigenvalue weighted by atomic mass is 16.2. The zero-order valence-electron chi connectivity index (χ0n) is 16.9. The lowest BCUT2D eigenvalue weighted by atomic mass is 10.1. The molecular weight excluding hydrogens is 390 g/mol. The summed E-state index contributed by atoms with van der Waals surface area (Å²) in [5.41, 5.74) is 3.87. The van der Waals surface area contributed by atoms with Crippen LogP contribution in [0.5, 0.6) is 0 Å². The lowest BCUT2D eigenvalue weighted by Gasteiger charge is -2.08. The van der Waals surface area contributed by atoms with Gasteiger partial charge < -0.3 is 20.9 Å². The van der Waals surface area contributed by atoms with Crippen molar-refractivity contribution in [1.29, 1.82) is 0 Å². The number of nitrogens with one attached hydrogen (secondary N) is 4. The first-order valence-corrected chi connectivity index (χ1v) is 10.1. The molecule has 0 atom stereocenters. The molecule has 4 N–H and O–H groups in total. The van der Waals surface area contributed by atoms with Crippen molar-refractivity contribution < 1.29 is 9.59 Å². The fourth-order valence-corrected chi connectivity index (χ4v) is 3.33. The van der Waals surface area contributed by atoms with Crippen molar-refractivity contribution in [2.45, 2.75) is 12.8 Å². The minimum Gasteiger partial charge on any atom is -0.361 e. The molecule has 0 radical (unpaired) electrons. The molecule has 156 valence electrons. The molecule has 2 aromatic carbocycles. The van der Waals surface area contributed by atoms with Gasteiger partial charge in [0.1, 0.15) is 5.69 Å². The number of benzene rings is 2. The Bertz CT molecular complexity index is 1170. The topological polar surface area (TPSA) is 98.9 Å². The van der Waals surface area contributed by atoms with Crippen LogP contribution in [0.4, 0.5) is 16.2 Å². The molecule has 31 heavy (non-hydrogen) atoms. The predicted molar refractivity (Wildman–Crippen MR) is 122 cm³/mol. The van der Waals surface area contributed by atoms with Crippen LogP contribution in [0.1, 0.15) is 22.5 Å². The quantitative estimate of drug-likeness (QED) is 0.334. The van der Waals surface area contributed by atoms with E-state index in [9.17, 15) is 9.59 Å². The van der Waals surface area contributed by atoms with Gasteiger partial charge in [-0.25, -0.2) is 9.78 Å². The van der Waals surface area contributed by atoms with Gasteiger partial charge in [0.05, 0.1) is 11.9 Å². The van der Waals surface area contributed by atoms with E-state index in [-0.39, 0.29) is 11.9 Å². The molecule has 0 aliphatic carbocycles. The van der Waals surface area contributed by atoms with Crippen LogP contribution in [0.2, 0.25) is 0 Å². The molecule has 0 saturated heterocycles. The predicted octanol–water partition coefficient (Wildman–Crippen LogP) is 4.57. The molecule has 0 saturated carbocycles. The third-order valence-electron chi connectivity index (χ3n) is 4.87. The van der Waals surface area contributed by atoms with E-state index >= 15 is 0 Å². The molecule has 7 nitrogen and oxygen atoms in total. The number of para-hydroxylation sites is 2.